The molecule has 1 fully saturated rings. The molecule has 1 atom stereocenters. The zero-order valence-corrected chi connectivity index (χ0v) is 19.2. The molecular weight excluding hydrogens is 482 g/mol. The number of hydrogen-bond donors (Lipinski definition) is 2. The summed E-state index contributed by atoms with van der Waals surface area (Å²) in [7, 11) is -2.52. The molecule has 9 nitrogen and oxygen atoms in total. The number of sulfonamides is 1. The molecule has 2 aromatic carbocycles. The van der Waals surface area contributed by atoms with Crippen LogP contribution in [0.15, 0.2) is 77.5 Å². The van der Waals surface area contributed by atoms with Crippen molar-refractivity contribution in [3.8, 4) is 5.75 Å². The average Bonchev–Trinajstić information content (AvgIpc) is 3.09. The number of pyridine rings is 1. The minimum atomic E-state index is -3.96. The van der Waals surface area contributed by atoms with E-state index in [1.807, 2.05) is 0 Å². The molecule has 2 heterocycles. The molecule has 0 spiro atoms. The van der Waals surface area contributed by atoms with E-state index in [2.05, 4.69) is 4.98 Å². The number of carbonyl (C=O) groups excluding carboxylic acids is 2. The van der Waals surface area contributed by atoms with Crippen molar-refractivity contribution in [1.82, 2.24) is 4.98 Å². The third-order valence-corrected chi connectivity index (χ3v) is 6.58. The first-order valence-electron chi connectivity index (χ1n) is 9.81. The molecule has 0 radical (unpaired) electrons. The number of primary sulfonamides is 1. The van der Waals surface area contributed by atoms with E-state index in [4.69, 9.17) is 21.5 Å². The molecule has 1 aliphatic heterocycles. The van der Waals surface area contributed by atoms with E-state index in [0.29, 0.717) is 11.3 Å². The number of benzene rings is 2. The summed E-state index contributed by atoms with van der Waals surface area (Å²) in [6.07, 6.45) is 2.98. The van der Waals surface area contributed by atoms with Crippen LogP contribution in [-0.2, 0) is 19.6 Å². The number of rotatable bonds is 5. The van der Waals surface area contributed by atoms with Crippen LogP contribution in [0.3, 0.4) is 0 Å². The molecule has 0 bridgehead atoms. The molecule has 3 aromatic rings. The second-order valence-corrected chi connectivity index (χ2v) is 9.31. The number of carbonyl (C=O) groups is 2. The molecule has 1 aliphatic rings. The molecule has 11 heteroatoms. The third-order valence-electron chi connectivity index (χ3n) is 5.32. The van der Waals surface area contributed by atoms with Crippen LogP contribution in [0.5, 0.6) is 5.75 Å². The van der Waals surface area contributed by atoms with Gasteiger partial charge in [0.2, 0.25) is 10.0 Å². The first-order valence-corrected chi connectivity index (χ1v) is 11.7. The fraction of sp³-hybridized carbons (Fsp3) is 0.0870. The number of ketones is 1. The molecule has 1 aromatic heterocycles. The van der Waals surface area contributed by atoms with Gasteiger partial charge in [-0.25, -0.2) is 13.6 Å². The van der Waals surface area contributed by atoms with Gasteiger partial charge in [0.15, 0.2) is 0 Å². The van der Waals surface area contributed by atoms with Gasteiger partial charge >= 0.3 is 0 Å². The maximum atomic E-state index is 13.2. The van der Waals surface area contributed by atoms with Gasteiger partial charge in [-0.05, 0) is 54.1 Å². The summed E-state index contributed by atoms with van der Waals surface area (Å²) in [5, 5.41) is 16.5. The number of aromatic nitrogens is 1. The Morgan fingerprint density at radius 3 is 2.44 bits per heavy atom. The summed E-state index contributed by atoms with van der Waals surface area (Å²) in [5.74, 6) is -1.96. The summed E-state index contributed by atoms with van der Waals surface area (Å²) in [4.78, 5) is 31.4. The highest BCUT2D eigenvalue weighted by Gasteiger charge is 2.47. The van der Waals surface area contributed by atoms with Crippen molar-refractivity contribution >= 4 is 44.8 Å². The Balaban J connectivity index is 1.94. The lowest BCUT2D eigenvalue weighted by atomic mass is 9.96. The van der Waals surface area contributed by atoms with Crippen molar-refractivity contribution in [2.24, 2.45) is 5.14 Å². The van der Waals surface area contributed by atoms with E-state index in [1.165, 1.54) is 55.9 Å². The van der Waals surface area contributed by atoms with Crippen molar-refractivity contribution in [2.45, 2.75) is 10.9 Å². The molecule has 1 amide bonds. The summed E-state index contributed by atoms with van der Waals surface area (Å²) >= 11 is 6.28. The molecule has 0 saturated carbocycles. The number of nitrogens with zero attached hydrogens (tertiary/aromatic N) is 2. The van der Waals surface area contributed by atoms with Gasteiger partial charge in [-0.2, -0.15) is 0 Å². The number of anilines is 1. The Morgan fingerprint density at radius 2 is 1.85 bits per heavy atom. The van der Waals surface area contributed by atoms with Gasteiger partial charge in [0.25, 0.3) is 11.7 Å². The molecule has 3 N–H and O–H groups in total. The van der Waals surface area contributed by atoms with Crippen molar-refractivity contribution in [1.29, 1.82) is 0 Å². The van der Waals surface area contributed by atoms with Crippen LogP contribution in [0.1, 0.15) is 17.2 Å². The fourth-order valence-electron chi connectivity index (χ4n) is 3.71. The second-order valence-electron chi connectivity index (χ2n) is 7.34. The van der Waals surface area contributed by atoms with Crippen LogP contribution in [0.2, 0.25) is 5.02 Å². The van der Waals surface area contributed by atoms with E-state index in [9.17, 15) is 23.1 Å². The predicted molar refractivity (Wildman–Crippen MR) is 125 cm³/mol. The lowest BCUT2D eigenvalue weighted by molar-refractivity contribution is -0.132. The number of aliphatic hydroxyl groups excluding tert-OH is 1. The van der Waals surface area contributed by atoms with Crippen LogP contribution in [0.4, 0.5) is 5.69 Å². The molecule has 174 valence electrons. The van der Waals surface area contributed by atoms with E-state index in [1.54, 1.807) is 18.2 Å². The average molecular weight is 500 g/mol. The minimum Gasteiger partial charge on any atom is -0.507 e. The summed E-state index contributed by atoms with van der Waals surface area (Å²) in [6, 6.07) is 11.9. The molecule has 4 rings (SSSR count). The van der Waals surface area contributed by atoms with E-state index >= 15 is 0 Å². The fourth-order valence-corrected chi connectivity index (χ4v) is 4.43. The normalized spacial score (nSPS) is 17.7. The monoisotopic (exact) mass is 499 g/mol. The summed E-state index contributed by atoms with van der Waals surface area (Å²) < 4.78 is 28.4. The molecule has 0 aliphatic carbocycles. The van der Waals surface area contributed by atoms with Gasteiger partial charge in [0, 0.05) is 23.6 Å². The minimum absolute atomic E-state index is 0.109. The number of hydrogen-bond acceptors (Lipinski definition) is 7. The highest BCUT2D eigenvalue weighted by atomic mass is 35.5. The largest absolute Gasteiger partial charge is 0.507 e. The third kappa shape index (κ3) is 4.14. The van der Waals surface area contributed by atoms with Crippen molar-refractivity contribution in [3.63, 3.8) is 0 Å². The second kappa shape index (κ2) is 8.90. The topological polar surface area (TPSA) is 140 Å². The smallest absolute Gasteiger partial charge is 0.300 e. The summed E-state index contributed by atoms with van der Waals surface area (Å²) in [5.41, 5.74) is 0.568. The molecule has 1 saturated heterocycles. The first kappa shape index (κ1) is 23.4. The van der Waals surface area contributed by atoms with Crippen LogP contribution in [-0.4, -0.2) is 37.3 Å². The highest BCUT2D eigenvalue weighted by Crippen LogP contribution is 2.43. The zero-order chi connectivity index (χ0) is 24.6. The number of aliphatic hydroxyl groups is 1. The first-order chi connectivity index (χ1) is 16.1. The number of halogens is 1. The summed E-state index contributed by atoms with van der Waals surface area (Å²) in [6.45, 7) is 0. The van der Waals surface area contributed by atoms with Gasteiger partial charge < -0.3 is 9.84 Å². The van der Waals surface area contributed by atoms with Gasteiger partial charge in [-0.15, -0.1) is 0 Å². The Morgan fingerprint density at radius 1 is 1.15 bits per heavy atom. The van der Waals surface area contributed by atoms with Crippen LogP contribution >= 0.6 is 11.6 Å². The zero-order valence-electron chi connectivity index (χ0n) is 17.7. The van der Waals surface area contributed by atoms with E-state index in [-0.39, 0.29) is 26.7 Å². The number of ether oxygens (including phenoxy) is 1. The maximum absolute atomic E-state index is 13.2. The van der Waals surface area contributed by atoms with E-state index in [0.717, 1.165) is 4.90 Å². The van der Waals surface area contributed by atoms with Crippen molar-refractivity contribution in [3.05, 3.63) is 88.7 Å². The molecule has 34 heavy (non-hydrogen) atoms. The van der Waals surface area contributed by atoms with Gasteiger partial charge in [0.1, 0.15) is 11.5 Å². The number of amides is 1. The Kier molecular flexibility index (Phi) is 6.13. The number of nitrogens with two attached hydrogens (primary N) is 1. The van der Waals surface area contributed by atoms with E-state index < -0.39 is 33.5 Å². The number of Topliss-reactive ketones (excluding diaryl/α,β-unsaturated/α-hetero) is 1. The quantitative estimate of drug-likeness (QED) is 0.312. The van der Waals surface area contributed by atoms with Crippen LogP contribution in [0.25, 0.3) is 5.76 Å². The standard InChI is InChI=1S/C23H18ClN3O6S/c1-33-15-6-9-18(24)17(11-15)21(28)19-20(13-3-2-10-26-12-13)27(23(30)22(19)29)14-4-7-16(8-5-14)34(25,31)32/h2-12,20,28H,1H3,(H2,25,31,32)/b21-19+. The Hall–Kier alpha value is -3.73. The van der Waals surface area contributed by atoms with Gasteiger partial charge in [-0.1, -0.05) is 17.7 Å². The van der Waals surface area contributed by atoms with Gasteiger partial charge in [-0.3, -0.25) is 19.5 Å². The van der Waals surface area contributed by atoms with Crippen molar-refractivity contribution in [2.75, 3.05) is 12.0 Å². The Bertz CT molecular complexity index is 1420. The Labute approximate surface area is 200 Å². The molecule has 1 unspecified atom stereocenters. The van der Waals surface area contributed by atoms with Crippen LogP contribution < -0.4 is 14.8 Å². The lowest BCUT2D eigenvalue weighted by Gasteiger charge is -2.25. The maximum Gasteiger partial charge on any atom is 0.300 e. The SMILES string of the molecule is COc1ccc(Cl)c(/C(O)=C2\C(=O)C(=O)N(c3ccc(S(N)(=O)=O)cc3)C2c2cccnc2)c1. The predicted octanol–water partition coefficient (Wildman–Crippen LogP) is 3.02. The lowest BCUT2D eigenvalue weighted by Crippen LogP contribution is -2.29. The molecular formula is C23H18ClN3O6S. The number of methoxy groups -OCH3 is 1. The van der Waals surface area contributed by atoms with Crippen molar-refractivity contribution < 1.29 is 27.9 Å². The highest BCUT2D eigenvalue weighted by molar-refractivity contribution is 7.89. The van der Waals surface area contributed by atoms with Gasteiger partial charge in [0.05, 0.1) is 28.6 Å². The van der Waals surface area contributed by atoms with Crippen LogP contribution in [0, 0.1) is 0 Å².